The molecule has 0 radical (unpaired) electrons. The average Bonchev–Trinajstić information content (AvgIpc) is 2.63. The zero-order chi connectivity index (χ0) is 10.2. The Morgan fingerprint density at radius 1 is 1.36 bits per heavy atom. The van der Waals surface area contributed by atoms with Crippen LogP contribution >= 0.6 is 0 Å². The van der Waals surface area contributed by atoms with Crippen LogP contribution in [0.1, 0.15) is 52.4 Å². The standard InChI is InChI=1S/C13H25N/c1-12(2)6-5-10-14-11-9-13-7-3-4-8-13/h7,12,14H,3-6,8-11H2,1-2H3. The van der Waals surface area contributed by atoms with Gasteiger partial charge in [-0.2, -0.15) is 0 Å². The lowest BCUT2D eigenvalue weighted by molar-refractivity contribution is 0.528. The second-order valence-corrected chi connectivity index (χ2v) is 4.79. The maximum absolute atomic E-state index is 3.53. The topological polar surface area (TPSA) is 12.0 Å². The average molecular weight is 195 g/mol. The van der Waals surface area contributed by atoms with Gasteiger partial charge < -0.3 is 5.32 Å². The summed E-state index contributed by atoms with van der Waals surface area (Å²) in [5.41, 5.74) is 1.68. The van der Waals surface area contributed by atoms with E-state index < -0.39 is 0 Å². The fourth-order valence-electron chi connectivity index (χ4n) is 1.97. The molecule has 0 atom stereocenters. The predicted molar refractivity (Wildman–Crippen MR) is 63.5 cm³/mol. The summed E-state index contributed by atoms with van der Waals surface area (Å²) in [6.07, 6.45) is 10.5. The molecule has 0 fully saturated rings. The third kappa shape index (κ3) is 5.43. The molecule has 0 aromatic rings. The van der Waals surface area contributed by atoms with Crippen LogP contribution in [0.15, 0.2) is 11.6 Å². The van der Waals surface area contributed by atoms with E-state index in [1.807, 2.05) is 0 Å². The van der Waals surface area contributed by atoms with Crippen LogP contribution in [0.5, 0.6) is 0 Å². The molecule has 1 N–H and O–H groups in total. The molecule has 0 amide bonds. The lowest BCUT2D eigenvalue weighted by Gasteiger charge is -2.06. The minimum Gasteiger partial charge on any atom is -0.316 e. The predicted octanol–water partition coefficient (Wildman–Crippen LogP) is 3.51. The van der Waals surface area contributed by atoms with E-state index in [0.717, 1.165) is 5.92 Å². The van der Waals surface area contributed by atoms with E-state index in [4.69, 9.17) is 0 Å². The van der Waals surface area contributed by atoms with Gasteiger partial charge in [-0.25, -0.2) is 0 Å². The zero-order valence-electron chi connectivity index (χ0n) is 9.81. The van der Waals surface area contributed by atoms with E-state index >= 15 is 0 Å². The molecule has 0 saturated heterocycles. The highest BCUT2D eigenvalue weighted by Gasteiger charge is 2.03. The molecule has 0 aromatic carbocycles. The summed E-state index contributed by atoms with van der Waals surface area (Å²) >= 11 is 0. The van der Waals surface area contributed by atoms with Gasteiger partial charge in [0.2, 0.25) is 0 Å². The van der Waals surface area contributed by atoms with E-state index in [2.05, 4.69) is 25.2 Å². The summed E-state index contributed by atoms with van der Waals surface area (Å²) in [6, 6.07) is 0. The summed E-state index contributed by atoms with van der Waals surface area (Å²) in [6.45, 7) is 6.97. The molecule has 82 valence electrons. The number of rotatable bonds is 7. The van der Waals surface area contributed by atoms with Crippen LogP contribution in [-0.4, -0.2) is 13.1 Å². The molecule has 1 aliphatic rings. The highest BCUT2D eigenvalue weighted by atomic mass is 14.8. The first-order valence-corrected chi connectivity index (χ1v) is 6.17. The number of hydrogen-bond donors (Lipinski definition) is 1. The van der Waals surface area contributed by atoms with Crippen LogP contribution in [0.3, 0.4) is 0 Å². The first kappa shape index (κ1) is 11.8. The van der Waals surface area contributed by atoms with Crippen LogP contribution in [0.2, 0.25) is 0 Å². The van der Waals surface area contributed by atoms with Gasteiger partial charge in [-0.1, -0.05) is 25.5 Å². The number of hydrogen-bond acceptors (Lipinski definition) is 1. The molecule has 0 saturated carbocycles. The van der Waals surface area contributed by atoms with Crippen molar-refractivity contribution in [2.75, 3.05) is 13.1 Å². The zero-order valence-corrected chi connectivity index (χ0v) is 9.81. The lowest BCUT2D eigenvalue weighted by atomic mass is 10.1. The highest BCUT2D eigenvalue weighted by molar-refractivity contribution is 5.07. The third-order valence-electron chi connectivity index (χ3n) is 2.89. The summed E-state index contributed by atoms with van der Waals surface area (Å²) in [4.78, 5) is 0. The Morgan fingerprint density at radius 3 is 2.86 bits per heavy atom. The van der Waals surface area contributed by atoms with Gasteiger partial charge in [0.25, 0.3) is 0 Å². The molecule has 0 spiro atoms. The Morgan fingerprint density at radius 2 is 2.21 bits per heavy atom. The minimum absolute atomic E-state index is 0.856. The van der Waals surface area contributed by atoms with Crippen molar-refractivity contribution in [3.8, 4) is 0 Å². The molecule has 0 heterocycles. The molecule has 1 nitrogen and oxygen atoms in total. The van der Waals surface area contributed by atoms with Crippen molar-refractivity contribution in [2.45, 2.75) is 52.4 Å². The summed E-state index contributed by atoms with van der Waals surface area (Å²) in [5.74, 6) is 0.856. The van der Waals surface area contributed by atoms with Crippen molar-refractivity contribution in [2.24, 2.45) is 5.92 Å². The molecular weight excluding hydrogens is 170 g/mol. The normalized spacial score (nSPS) is 16.4. The lowest BCUT2D eigenvalue weighted by Crippen LogP contribution is -2.17. The van der Waals surface area contributed by atoms with Gasteiger partial charge in [0, 0.05) is 0 Å². The second-order valence-electron chi connectivity index (χ2n) is 4.79. The molecular formula is C13H25N. The van der Waals surface area contributed by atoms with E-state index in [9.17, 15) is 0 Å². The third-order valence-corrected chi connectivity index (χ3v) is 2.89. The van der Waals surface area contributed by atoms with E-state index in [-0.39, 0.29) is 0 Å². The number of allylic oxidation sites excluding steroid dienone is 1. The first-order chi connectivity index (χ1) is 6.79. The van der Waals surface area contributed by atoms with E-state index in [0.29, 0.717) is 0 Å². The van der Waals surface area contributed by atoms with Gasteiger partial charge in [-0.3, -0.25) is 0 Å². The summed E-state index contributed by atoms with van der Waals surface area (Å²) in [7, 11) is 0. The first-order valence-electron chi connectivity index (χ1n) is 6.17. The summed E-state index contributed by atoms with van der Waals surface area (Å²) < 4.78 is 0. The summed E-state index contributed by atoms with van der Waals surface area (Å²) in [5, 5.41) is 3.53. The quantitative estimate of drug-likeness (QED) is 0.484. The number of nitrogens with one attached hydrogen (secondary N) is 1. The maximum Gasteiger partial charge on any atom is -0.00116 e. The Labute approximate surface area is 89.0 Å². The van der Waals surface area contributed by atoms with E-state index in [1.165, 1.54) is 51.6 Å². The van der Waals surface area contributed by atoms with Crippen molar-refractivity contribution in [1.82, 2.24) is 5.32 Å². The SMILES string of the molecule is CC(C)CCCNCCC1=CCCC1. The Hall–Kier alpha value is -0.300. The smallest absolute Gasteiger partial charge is 0.00116 e. The van der Waals surface area contributed by atoms with Gasteiger partial charge in [0.1, 0.15) is 0 Å². The molecule has 0 aromatic heterocycles. The molecule has 0 aliphatic heterocycles. The van der Waals surface area contributed by atoms with Gasteiger partial charge in [-0.05, 0) is 57.5 Å². The van der Waals surface area contributed by atoms with Crippen molar-refractivity contribution in [3.05, 3.63) is 11.6 Å². The molecule has 0 bridgehead atoms. The van der Waals surface area contributed by atoms with E-state index in [1.54, 1.807) is 5.57 Å². The van der Waals surface area contributed by atoms with Crippen LogP contribution in [0, 0.1) is 5.92 Å². The van der Waals surface area contributed by atoms with Crippen molar-refractivity contribution < 1.29 is 0 Å². The Kier molecular flexibility index (Phi) is 5.93. The van der Waals surface area contributed by atoms with Gasteiger partial charge >= 0.3 is 0 Å². The van der Waals surface area contributed by atoms with Crippen molar-refractivity contribution >= 4 is 0 Å². The van der Waals surface area contributed by atoms with Crippen LogP contribution in [0.25, 0.3) is 0 Å². The fourth-order valence-corrected chi connectivity index (χ4v) is 1.97. The molecule has 1 rings (SSSR count). The van der Waals surface area contributed by atoms with Crippen LogP contribution in [0.4, 0.5) is 0 Å². The highest BCUT2D eigenvalue weighted by Crippen LogP contribution is 2.19. The molecule has 14 heavy (non-hydrogen) atoms. The molecule has 1 heteroatoms. The Bertz CT molecular complexity index is 170. The second kappa shape index (κ2) is 7.05. The monoisotopic (exact) mass is 195 g/mol. The molecule has 1 aliphatic carbocycles. The Balaban J connectivity index is 1.84. The van der Waals surface area contributed by atoms with Crippen LogP contribution in [-0.2, 0) is 0 Å². The van der Waals surface area contributed by atoms with Gasteiger partial charge in [0.05, 0.1) is 0 Å². The van der Waals surface area contributed by atoms with Gasteiger partial charge in [0.15, 0.2) is 0 Å². The largest absolute Gasteiger partial charge is 0.316 e. The van der Waals surface area contributed by atoms with Crippen LogP contribution < -0.4 is 5.32 Å². The van der Waals surface area contributed by atoms with Gasteiger partial charge in [-0.15, -0.1) is 0 Å². The molecule has 0 unspecified atom stereocenters. The van der Waals surface area contributed by atoms with Crippen molar-refractivity contribution in [3.63, 3.8) is 0 Å². The fraction of sp³-hybridized carbons (Fsp3) is 0.846. The van der Waals surface area contributed by atoms with Crippen molar-refractivity contribution in [1.29, 1.82) is 0 Å². The minimum atomic E-state index is 0.856. The maximum atomic E-state index is 3.53.